The number of anilines is 1. The van der Waals surface area contributed by atoms with E-state index in [9.17, 15) is 4.79 Å². The fourth-order valence-corrected chi connectivity index (χ4v) is 3.78. The third-order valence-electron chi connectivity index (χ3n) is 4.48. The third-order valence-corrected chi connectivity index (χ3v) is 5.52. The summed E-state index contributed by atoms with van der Waals surface area (Å²) in [6.45, 7) is 5.57. The van der Waals surface area contributed by atoms with Gasteiger partial charge in [0.05, 0.1) is 10.2 Å². The number of amides is 1. The van der Waals surface area contributed by atoms with Crippen LogP contribution in [0.3, 0.4) is 0 Å². The summed E-state index contributed by atoms with van der Waals surface area (Å²) >= 11 is 1.57. The summed E-state index contributed by atoms with van der Waals surface area (Å²) < 4.78 is 1.11. The number of thiazole rings is 1. The Morgan fingerprint density at radius 1 is 1.07 bits per heavy atom. The van der Waals surface area contributed by atoms with Gasteiger partial charge in [0.25, 0.3) is 5.91 Å². The number of hydrogen-bond acceptors (Lipinski definition) is 4. The van der Waals surface area contributed by atoms with Crippen molar-refractivity contribution < 1.29 is 4.79 Å². The van der Waals surface area contributed by atoms with Crippen LogP contribution in [0.25, 0.3) is 16.3 Å². The molecule has 1 amide bonds. The molecule has 0 spiro atoms. The van der Waals surface area contributed by atoms with Gasteiger partial charge in [0, 0.05) is 19.2 Å². The molecular weight excluding hydrogens is 354 g/mol. The summed E-state index contributed by atoms with van der Waals surface area (Å²) in [5, 5.41) is 0.750. The van der Waals surface area contributed by atoms with Gasteiger partial charge in [-0.2, -0.15) is 0 Å². The smallest absolute Gasteiger partial charge is 0.252 e. The van der Waals surface area contributed by atoms with Crippen LogP contribution in [0, 0.1) is 13.8 Å². The maximum atomic E-state index is 12.9. The van der Waals surface area contributed by atoms with E-state index in [-0.39, 0.29) is 5.91 Å². The number of likely N-dealkylation sites (N-methyl/N-ethyl adjacent to an activating group) is 1. The van der Waals surface area contributed by atoms with Gasteiger partial charge in [0.1, 0.15) is 0 Å². The van der Waals surface area contributed by atoms with E-state index in [2.05, 4.69) is 30.9 Å². The molecule has 0 saturated heterocycles. The predicted molar refractivity (Wildman–Crippen MR) is 115 cm³/mol. The fraction of sp³-hybridized carbons (Fsp3) is 0.273. The number of aryl methyl sites for hydroxylation is 2. The SMILES string of the molecule is Cc1cc2nc(N(CCN(C)C)C(=O)/C=C/c3ccccc3)sc2cc1C. The molecular formula is C22H25N3OS. The first-order valence-electron chi connectivity index (χ1n) is 9.01. The molecule has 3 rings (SSSR count). The van der Waals surface area contributed by atoms with Gasteiger partial charge in [-0.25, -0.2) is 4.98 Å². The zero-order valence-corrected chi connectivity index (χ0v) is 17.1. The summed E-state index contributed by atoms with van der Waals surface area (Å²) in [4.78, 5) is 21.5. The molecule has 27 heavy (non-hydrogen) atoms. The molecule has 140 valence electrons. The molecule has 2 aromatic carbocycles. The molecule has 1 heterocycles. The Bertz CT molecular complexity index is 921. The first-order valence-corrected chi connectivity index (χ1v) is 9.83. The molecule has 0 aliphatic heterocycles. The van der Waals surface area contributed by atoms with E-state index in [1.54, 1.807) is 22.3 Å². The minimum absolute atomic E-state index is 0.0480. The Morgan fingerprint density at radius 2 is 1.78 bits per heavy atom. The molecule has 4 nitrogen and oxygen atoms in total. The molecule has 0 saturated carbocycles. The highest BCUT2D eigenvalue weighted by molar-refractivity contribution is 7.22. The molecule has 0 bridgehead atoms. The number of fused-ring (bicyclic) bond motifs is 1. The van der Waals surface area contributed by atoms with Crippen molar-refractivity contribution in [2.45, 2.75) is 13.8 Å². The minimum Gasteiger partial charge on any atom is -0.308 e. The molecule has 5 heteroatoms. The molecule has 3 aromatic rings. The molecule has 0 radical (unpaired) electrons. The summed E-state index contributed by atoms with van der Waals surface area (Å²) in [6, 6.07) is 14.1. The number of carbonyl (C=O) groups excluding carboxylic acids is 1. The minimum atomic E-state index is -0.0480. The lowest BCUT2D eigenvalue weighted by Gasteiger charge is -2.20. The van der Waals surface area contributed by atoms with Crippen LogP contribution in [0.2, 0.25) is 0 Å². The van der Waals surface area contributed by atoms with Crippen LogP contribution in [-0.2, 0) is 4.79 Å². The number of hydrogen-bond donors (Lipinski definition) is 0. The van der Waals surface area contributed by atoms with Crippen molar-refractivity contribution in [1.29, 1.82) is 0 Å². The van der Waals surface area contributed by atoms with E-state index in [1.807, 2.05) is 50.5 Å². The van der Waals surface area contributed by atoms with E-state index in [0.717, 1.165) is 27.5 Å². The molecule has 0 unspecified atom stereocenters. The van der Waals surface area contributed by atoms with Gasteiger partial charge in [-0.05, 0) is 62.8 Å². The Morgan fingerprint density at radius 3 is 2.48 bits per heavy atom. The van der Waals surface area contributed by atoms with Crippen LogP contribution in [0.1, 0.15) is 16.7 Å². The zero-order valence-electron chi connectivity index (χ0n) is 16.3. The molecule has 0 aliphatic rings. The van der Waals surface area contributed by atoms with Crippen molar-refractivity contribution >= 4 is 38.7 Å². The largest absolute Gasteiger partial charge is 0.308 e. The summed E-state index contributed by atoms with van der Waals surface area (Å²) in [5.41, 5.74) is 4.42. The van der Waals surface area contributed by atoms with Crippen molar-refractivity contribution in [1.82, 2.24) is 9.88 Å². The van der Waals surface area contributed by atoms with E-state index < -0.39 is 0 Å². The van der Waals surface area contributed by atoms with Crippen molar-refractivity contribution in [3.8, 4) is 0 Å². The van der Waals surface area contributed by atoms with Crippen LogP contribution in [-0.4, -0.2) is 43.0 Å². The zero-order chi connectivity index (χ0) is 19.4. The molecule has 0 atom stereocenters. The average Bonchev–Trinajstić information content (AvgIpc) is 3.03. The standard InChI is InChI=1S/C22H25N3OS/c1-16-14-19-20(15-17(16)2)27-22(23-19)25(13-12-24(3)4)21(26)11-10-18-8-6-5-7-9-18/h5-11,14-15H,12-13H2,1-4H3/b11-10+. The van der Waals surface area contributed by atoms with Gasteiger partial charge >= 0.3 is 0 Å². The lowest BCUT2D eigenvalue weighted by Crippen LogP contribution is -2.35. The molecule has 1 aromatic heterocycles. The Hall–Kier alpha value is -2.50. The quantitative estimate of drug-likeness (QED) is 0.591. The molecule has 0 fully saturated rings. The highest BCUT2D eigenvalue weighted by Gasteiger charge is 2.18. The van der Waals surface area contributed by atoms with E-state index in [1.165, 1.54) is 11.1 Å². The third kappa shape index (κ3) is 4.81. The first kappa shape index (κ1) is 19.3. The highest BCUT2D eigenvalue weighted by Crippen LogP contribution is 2.31. The normalized spacial score (nSPS) is 11.6. The Labute approximate surface area is 164 Å². The maximum absolute atomic E-state index is 12.9. The van der Waals surface area contributed by atoms with E-state index in [4.69, 9.17) is 4.98 Å². The number of benzene rings is 2. The fourth-order valence-electron chi connectivity index (χ4n) is 2.70. The molecule has 0 N–H and O–H groups in total. The van der Waals surface area contributed by atoms with Crippen molar-refractivity contribution in [2.24, 2.45) is 0 Å². The van der Waals surface area contributed by atoms with Gasteiger partial charge in [-0.1, -0.05) is 41.7 Å². The van der Waals surface area contributed by atoms with Gasteiger partial charge < -0.3 is 4.90 Å². The number of aromatic nitrogens is 1. The van der Waals surface area contributed by atoms with Crippen LogP contribution in [0.15, 0.2) is 48.5 Å². The topological polar surface area (TPSA) is 36.4 Å². The van der Waals surface area contributed by atoms with Crippen LogP contribution >= 0.6 is 11.3 Å². The maximum Gasteiger partial charge on any atom is 0.252 e. The van der Waals surface area contributed by atoms with Crippen LogP contribution in [0.5, 0.6) is 0 Å². The Kier molecular flexibility index (Phi) is 6.04. The summed E-state index contributed by atoms with van der Waals surface area (Å²) in [5.74, 6) is -0.0480. The predicted octanol–water partition coefficient (Wildman–Crippen LogP) is 4.52. The number of nitrogens with zero attached hydrogens (tertiary/aromatic N) is 3. The number of carbonyl (C=O) groups is 1. The summed E-state index contributed by atoms with van der Waals surface area (Å²) in [6.07, 6.45) is 3.49. The van der Waals surface area contributed by atoms with Gasteiger partial charge in [-0.3, -0.25) is 9.69 Å². The van der Waals surface area contributed by atoms with Gasteiger partial charge in [0.15, 0.2) is 5.13 Å². The highest BCUT2D eigenvalue weighted by atomic mass is 32.1. The second-order valence-electron chi connectivity index (χ2n) is 6.94. The molecule has 0 aliphatic carbocycles. The van der Waals surface area contributed by atoms with Crippen molar-refractivity contribution in [3.05, 3.63) is 65.2 Å². The van der Waals surface area contributed by atoms with E-state index >= 15 is 0 Å². The summed E-state index contributed by atoms with van der Waals surface area (Å²) in [7, 11) is 4.01. The van der Waals surface area contributed by atoms with Gasteiger partial charge in [-0.15, -0.1) is 0 Å². The average molecular weight is 380 g/mol. The van der Waals surface area contributed by atoms with Gasteiger partial charge in [0.2, 0.25) is 0 Å². The second-order valence-corrected chi connectivity index (χ2v) is 7.95. The monoisotopic (exact) mass is 379 g/mol. The number of rotatable bonds is 6. The first-order chi connectivity index (χ1) is 12.9. The van der Waals surface area contributed by atoms with E-state index in [0.29, 0.717) is 6.54 Å². The lowest BCUT2D eigenvalue weighted by atomic mass is 10.1. The van der Waals surface area contributed by atoms with Crippen molar-refractivity contribution in [2.75, 3.05) is 32.1 Å². The van der Waals surface area contributed by atoms with Crippen LogP contribution < -0.4 is 4.90 Å². The van der Waals surface area contributed by atoms with Crippen molar-refractivity contribution in [3.63, 3.8) is 0 Å². The van der Waals surface area contributed by atoms with Crippen LogP contribution in [0.4, 0.5) is 5.13 Å². The second kappa shape index (κ2) is 8.46. The Balaban J connectivity index is 1.90. The lowest BCUT2D eigenvalue weighted by molar-refractivity contribution is -0.114.